The van der Waals surface area contributed by atoms with E-state index in [1.165, 1.54) is 0 Å². The molecule has 4 fully saturated rings. The van der Waals surface area contributed by atoms with Crippen LogP contribution in [0.5, 0.6) is 0 Å². The van der Waals surface area contributed by atoms with Crippen LogP contribution in [0.3, 0.4) is 0 Å². The van der Waals surface area contributed by atoms with E-state index in [0.717, 1.165) is 15.6 Å². The van der Waals surface area contributed by atoms with Gasteiger partial charge < -0.3 is 69.0 Å². The average molecular weight is 1000 g/mol. The van der Waals surface area contributed by atoms with Crippen LogP contribution in [0.2, 0.25) is 52.4 Å². The fourth-order valence-electron chi connectivity index (χ4n) is 7.56. The van der Waals surface area contributed by atoms with E-state index in [-0.39, 0.29) is 37.4 Å². The zero-order valence-electron chi connectivity index (χ0n) is 36.0. The van der Waals surface area contributed by atoms with Crippen LogP contribution in [0, 0.1) is 0 Å². The van der Waals surface area contributed by atoms with Gasteiger partial charge in [0.05, 0.1) is 31.2 Å². The quantitative estimate of drug-likeness (QED) is 0.372. The van der Waals surface area contributed by atoms with Crippen molar-refractivity contribution in [3.8, 4) is 0 Å². The van der Waals surface area contributed by atoms with Gasteiger partial charge in [0.15, 0.2) is 0 Å². The number of rotatable bonds is 5. The zero-order valence-corrected chi connectivity index (χ0v) is 46.0. The molecule has 3 aromatic rings. The average Bonchev–Trinajstić information content (AvgIpc) is 3.22. The van der Waals surface area contributed by atoms with E-state index in [1.54, 1.807) is 27.3 Å². The fourth-order valence-corrected chi connectivity index (χ4v) is 51.7. The third-order valence-electron chi connectivity index (χ3n) is 10.8. The summed E-state index contributed by atoms with van der Waals surface area (Å²) in [5.41, 5.74) is 0. The van der Waals surface area contributed by atoms with Gasteiger partial charge in [0.2, 0.25) is 0 Å². The number of hydrogen-bond donors (Lipinski definition) is 1. The third kappa shape index (κ3) is 10.5. The predicted octanol–water partition coefficient (Wildman–Crippen LogP) is 2.45. The highest BCUT2D eigenvalue weighted by molar-refractivity contribution is 6.99. The van der Waals surface area contributed by atoms with Gasteiger partial charge in [-0.1, -0.05) is 91.0 Å². The van der Waals surface area contributed by atoms with Crippen LogP contribution in [-0.4, -0.2) is 143 Å². The molecular formula is C34H58O16Si10. The molecule has 0 radical (unpaired) electrons. The first-order chi connectivity index (χ1) is 28.1. The maximum atomic E-state index is 12.3. The van der Waals surface area contributed by atoms with Gasteiger partial charge in [-0.3, -0.25) is 0 Å². The van der Waals surface area contributed by atoms with Crippen LogP contribution in [0.1, 0.15) is 0 Å². The zero-order chi connectivity index (χ0) is 43.2. The monoisotopic (exact) mass is 1000 g/mol. The molecule has 26 heteroatoms. The third-order valence-corrected chi connectivity index (χ3v) is 47.7. The summed E-state index contributed by atoms with van der Waals surface area (Å²) in [4.78, 5) is 12.3. The van der Waals surface area contributed by atoms with E-state index in [2.05, 4.69) is 0 Å². The second-order valence-electron chi connectivity index (χ2n) is 16.6. The topological polar surface area (TPSA) is 159 Å². The molecule has 0 aromatic heterocycles. The second-order valence-corrected chi connectivity index (χ2v) is 47.5. The Labute approximate surface area is 364 Å². The molecule has 4 aliphatic heterocycles. The summed E-state index contributed by atoms with van der Waals surface area (Å²) < 4.78 is 103. The number of hydrogen-bond acceptors (Lipinski definition) is 16. The molecule has 4 heterocycles. The molecule has 3 aromatic carbocycles. The fraction of sp³-hybridized carbons (Fsp3) is 0.471. The van der Waals surface area contributed by atoms with Gasteiger partial charge in [-0.2, -0.15) is 0 Å². The molecule has 0 aliphatic carbocycles. The summed E-state index contributed by atoms with van der Waals surface area (Å²) in [7, 11) is -32.7. The minimum atomic E-state index is -4.27. The van der Waals surface area contributed by atoms with Crippen molar-refractivity contribution in [1.82, 2.24) is 0 Å². The maximum Gasteiger partial charge on any atom is 0.515 e. The van der Waals surface area contributed by atoms with Crippen molar-refractivity contribution in [3.63, 3.8) is 0 Å². The lowest BCUT2D eigenvalue weighted by Crippen LogP contribution is -2.78. The van der Waals surface area contributed by atoms with Crippen LogP contribution < -0.4 is 15.6 Å². The highest BCUT2D eigenvalue weighted by Crippen LogP contribution is 2.37. The molecule has 330 valence electrons. The van der Waals surface area contributed by atoms with Gasteiger partial charge in [0.1, 0.15) is 6.23 Å². The summed E-state index contributed by atoms with van der Waals surface area (Å²) in [5.74, 6) is 0. The van der Waals surface area contributed by atoms with Gasteiger partial charge in [0, 0.05) is 27.3 Å². The molecule has 16 nitrogen and oxygen atoms in total. The summed E-state index contributed by atoms with van der Waals surface area (Å²) in [6.45, 7) is 15.1. The Morgan fingerprint density at radius 3 is 1.42 bits per heavy atom. The summed E-state index contributed by atoms with van der Waals surface area (Å²) in [6.07, 6.45) is -0.396. The van der Waals surface area contributed by atoms with E-state index >= 15 is 0 Å². The molecule has 4 aliphatic rings. The van der Waals surface area contributed by atoms with E-state index in [1.807, 2.05) is 130 Å². The summed E-state index contributed by atoms with van der Waals surface area (Å²) in [5, 5.41) is 2.65. The maximum absolute atomic E-state index is 12.3. The minimum Gasteiger partial charge on any atom is -0.412 e. The standard InChI is InChI=1S/C34H58O16Si10/c1-36-51(3)26-38-53(5)28-41-58(10)49-57(9,42-31-60(35,47-53)43-29-52(4,37-2)44-51)45-54(6)27-39-55(7,32-20-14-11-15-21-32)48-56(8,33-22-16-12-17-23-33)40-30-59(46-54,50-58)34-24-18-13-19-25-34/h11-25,35H,26-31H2,1-10H3. The second kappa shape index (κ2) is 17.5. The van der Waals surface area contributed by atoms with Crippen molar-refractivity contribution in [2.45, 2.75) is 52.4 Å². The van der Waals surface area contributed by atoms with Crippen LogP contribution in [-0.2, 0) is 64.2 Å². The Hall–Kier alpha value is -0.811. The molecule has 4 saturated heterocycles. The van der Waals surface area contributed by atoms with Gasteiger partial charge in [-0.15, -0.1) is 0 Å². The molecular weight excluding hydrogens is 945 g/mol. The molecule has 10 unspecified atom stereocenters. The lowest BCUT2D eigenvalue weighted by atomic mass is 10.4. The minimum absolute atomic E-state index is 0.0216. The molecule has 0 saturated carbocycles. The van der Waals surface area contributed by atoms with Gasteiger partial charge >= 0.3 is 86.3 Å². The van der Waals surface area contributed by atoms with Crippen molar-refractivity contribution in [1.29, 1.82) is 0 Å². The van der Waals surface area contributed by atoms with Crippen molar-refractivity contribution in [2.24, 2.45) is 0 Å². The first kappa shape index (κ1) is 47.2. The molecule has 6 bridgehead atoms. The summed E-state index contributed by atoms with van der Waals surface area (Å²) >= 11 is 0. The largest absolute Gasteiger partial charge is 0.515 e. The lowest BCUT2D eigenvalue weighted by Gasteiger charge is -2.52. The first-order valence-electron chi connectivity index (χ1n) is 19.9. The smallest absolute Gasteiger partial charge is 0.412 e. The number of benzene rings is 3. The van der Waals surface area contributed by atoms with Crippen LogP contribution in [0.15, 0.2) is 91.0 Å². The normalized spacial score (nSPS) is 43.5. The van der Waals surface area contributed by atoms with Gasteiger partial charge in [-0.05, 0) is 54.8 Å². The van der Waals surface area contributed by atoms with E-state index in [4.69, 9.17) is 64.2 Å². The Balaban J connectivity index is 1.35. The summed E-state index contributed by atoms with van der Waals surface area (Å²) in [6, 6.07) is 29.8. The first-order valence-corrected chi connectivity index (χ1v) is 43.0. The highest BCUT2D eigenvalue weighted by Gasteiger charge is 2.67. The van der Waals surface area contributed by atoms with Crippen molar-refractivity contribution >= 4 is 102 Å². The molecule has 7 rings (SSSR count). The van der Waals surface area contributed by atoms with Crippen LogP contribution >= 0.6 is 0 Å². The Morgan fingerprint density at radius 1 is 0.400 bits per heavy atom. The van der Waals surface area contributed by atoms with E-state index in [0.29, 0.717) is 0 Å². The van der Waals surface area contributed by atoms with Crippen molar-refractivity contribution in [2.75, 3.05) is 51.6 Å². The SMILES string of the molecule is CO[Si]1(C)CO[Si]2(C)CO[Si]3(C)O[Si](C)(OC[Si](O)(OC[Si](C)(OC)O1)O2)O[Si]1(C)CO[Si](C)(c2ccccc2)O[Si](C)(c2ccccc2)OC[Si](c2ccccc2)(O1)O3. The number of fused-ring (bicyclic) bond motifs is 6. The molecule has 10 atom stereocenters. The molecule has 60 heavy (non-hydrogen) atoms. The predicted molar refractivity (Wildman–Crippen MR) is 242 cm³/mol. The van der Waals surface area contributed by atoms with Crippen molar-refractivity contribution in [3.05, 3.63) is 91.0 Å². The molecule has 0 spiro atoms. The van der Waals surface area contributed by atoms with E-state index in [9.17, 15) is 4.80 Å². The molecule has 0 amide bonds. The molecule has 1 N–H and O–H groups in total. The highest BCUT2D eigenvalue weighted by atomic mass is 28.5. The van der Waals surface area contributed by atoms with Crippen molar-refractivity contribution < 1.29 is 69.0 Å². The van der Waals surface area contributed by atoms with Gasteiger partial charge in [-0.25, -0.2) is 0 Å². The van der Waals surface area contributed by atoms with Crippen LogP contribution in [0.25, 0.3) is 0 Å². The van der Waals surface area contributed by atoms with E-state index < -0.39 is 86.3 Å². The van der Waals surface area contributed by atoms with Crippen LogP contribution in [0.4, 0.5) is 0 Å². The Bertz CT molecular complexity index is 1950. The Morgan fingerprint density at radius 2 is 0.867 bits per heavy atom. The lowest BCUT2D eigenvalue weighted by molar-refractivity contribution is 0.0410. The van der Waals surface area contributed by atoms with Gasteiger partial charge in [0.25, 0.3) is 0 Å². The Kier molecular flexibility index (Phi) is 13.8.